The van der Waals surface area contributed by atoms with Crippen LogP contribution in [0.2, 0.25) is 0 Å². The number of thiocarbonyl (C=S) groups is 1. The molecule has 0 atom stereocenters. The van der Waals surface area contributed by atoms with E-state index < -0.39 is 0 Å². The minimum atomic E-state index is 0.177. The molecule has 2 aliphatic rings. The number of hydrogen-bond donors (Lipinski definition) is 1. The second kappa shape index (κ2) is 8.65. The fourth-order valence-corrected chi connectivity index (χ4v) is 4.10. The SMILES string of the molecule is Cc1cccc(NC(=S)N2CCC(C(=O)N3CCCCCC3)CC2)c1. The second-order valence-electron chi connectivity index (χ2n) is 7.30. The minimum Gasteiger partial charge on any atom is -0.349 e. The number of nitrogens with one attached hydrogen (secondary N) is 1. The molecule has 2 heterocycles. The molecule has 0 bridgehead atoms. The van der Waals surface area contributed by atoms with Crippen LogP contribution in [-0.4, -0.2) is 47.0 Å². The van der Waals surface area contributed by atoms with Crippen LogP contribution in [0.15, 0.2) is 24.3 Å². The van der Waals surface area contributed by atoms with Gasteiger partial charge >= 0.3 is 0 Å². The summed E-state index contributed by atoms with van der Waals surface area (Å²) in [6.45, 7) is 5.71. The van der Waals surface area contributed by atoms with E-state index in [1.54, 1.807) is 0 Å². The van der Waals surface area contributed by atoms with Crippen molar-refractivity contribution >= 4 is 28.9 Å². The Morgan fingerprint density at radius 1 is 1.04 bits per heavy atom. The lowest BCUT2D eigenvalue weighted by Gasteiger charge is -2.35. The van der Waals surface area contributed by atoms with Gasteiger partial charge in [0.1, 0.15) is 0 Å². The predicted molar refractivity (Wildman–Crippen MR) is 107 cm³/mol. The first-order chi connectivity index (χ1) is 12.1. The molecule has 0 aliphatic carbocycles. The maximum atomic E-state index is 12.8. The van der Waals surface area contributed by atoms with Gasteiger partial charge in [0, 0.05) is 37.8 Å². The molecule has 2 fully saturated rings. The van der Waals surface area contributed by atoms with Crippen molar-refractivity contribution in [3.8, 4) is 0 Å². The Morgan fingerprint density at radius 2 is 1.72 bits per heavy atom. The maximum absolute atomic E-state index is 12.8. The molecule has 1 amide bonds. The molecular formula is C20H29N3OS. The molecule has 0 radical (unpaired) electrons. The van der Waals surface area contributed by atoms with Crippen molar-refractivity contribution < 1.29 is 4.79 Å². The van der Waals surface area contributed by atoms with E-state index in [-0.39, 0.29) is 5.92 Å². The molecule has 1 aromatic carbocycles. The van der Waals surface area contributed by atoms with Gasteiger partial charge in [-0.15, -0.1) is 0 Å². The fraction of sp³-hybridized carbons (Fsp3) is 0.600. The number of likely N-dealkylation sites (tertiary alicyclic amines) is 2. The first-order valence-corrected chi connectivity index (χ1v) is 9.96. The number of rotatable bonds is 2. The summed E-state index contributed by atoms with van der Waals surface area (Å²) >= 11 is 5.57. The summed E-state index contributed by atoms with van der Waals surface area (Å²) in [4.78, 5) is 17.1. The van der Waals surface area contributed by atoms with E-state index in [2.05, 4.69) is 34.2 Å². The number of amides is 1. The van der Waals surface area contributed by atoms with Gasteiger partial charge in [0.25, 0.3) is 0 Å². The van der Waals surface area contributed by atoms with E-state index >= 15 is 0 Å². The number of piperidine rings is 1. The summed E-state index contributed by atoms with van der Waals surface area (Å²) in [6.07, 6.45) is 6.67. The van der Waals surface area contributed by atoms with Crippen molar-refractivity contribution in [2.24, 2.45) is 5.92 Å². The number of carbonyl (C=O) groups is 1. The van der Waals surface area contributed by atoms with Crippen LogP contribution in [0, 0.1) is 12.8 Å². The lowest BCUT2D eigenvalue weighted by atomic mass is 9.95. The average molecular weight is 360 g/mol. The number of aryl methyl sites for hydroxylation is 1. The lowest BCUT2D eigenvalue weighted by Crippen LogP contribution is -2.45. The number of anilines is 1. The Morgan fingerprint density at radius 3 is 2.36 bits per heavy atom. The van der Waals surface area contributed by atoms with Crippen LogP contribution in [0.4, 0.5) is 5.69 Å². The van der Waals surface area contributed by atoms with Gasteiger partial charge in [-0.3, -0.25) is 4.79 Å². The molecule has 1 aromatic rings. The third kappa shape index (κ3) is 4.94. The van der Waals surface area contributed by atoms with Crippen molar-refractivity contribution in [2.45, 2.75) is 45.4 Å². The van der Waals surface area contributed by atoms with Gasteiger partial charge in [-0.2, -0.15) is 0 Å². The standard InChI is InChI=1S/C20H29N3OS/c1-16-7-6-8-18(15-16)21-20(25)23-13-9-17(10-14-23)19(24)22-11-4-2-3-5-12-22/h6-8,15,17H,2-5,9-14H2,1H3,(H,21,25). The Bertz CT molecular complexity index is 603. The van der Waals surface area contributed by atoms with E-state index in [4.69, 9.17) is 12.2 Å². The molecule has 136 valence electrons. The Labute approximate surface area is 156 Å². The average Bonchev–Trinajstić information content (AvgIpc) is 2.90. The summed E-state index contributed by atoms with van der Waals surface area (Å²) < 4.78 is 0. The molecule has 25 heavy (non-hydrogen) atoms. The molecule has 2 aliphatic heterocycles. The molecule has 0 saturated carbocycles. The zero-order valence-corrected chi connectivity index (χ0v) is 16.0. The molecular weight excluding hydrogens is 330 g/mol. The van der Waals surface area contributed by atoms with Crippen molar-refractivity contribution in [3.63, 3.8) is 0 Å². The quantitative estimate of drug-likeness (QED) is 0.815. The molecule has 0 spiro atoms. The van der Waals surface area contributed by atoms with Crippen molar-refractivity contribution in [1.29, 1.82) is 0 Å². The van der Waals surface area contributed by atoms with Crippen LogP contribution in [0.25, 0.3) is 0 Å². The monoisotopic (exact) mass is 359 g/mol. The van der Waals surface area contributed by atoms with E-state index in [0.717, 1.165) is 62.7 Å². The molecule has 2 saturated heterocycles. The van der Waals surface area contributed by atoms with Gasteiger partial charge in [-0.25, -0.2) is 0 Å². The van der Waals surface area contributed by atoms with Gasteiger partial charge in [0.05, 0.1) is 0 Å². The first kappa shape index (κ1) is 18.2. The largest absolute Gasteiger partial charge is 0.349 e. The smallest absolute Gasteiger partial charge is 0.225 e. The minimum absolute atomic E-state index is 0.177. The molecule has 1 N–H and O–H groups in total. The second-order valence-corrected chi connectivity index (χ2v) is 7.69. The zero-order valence-electron chi connectivity index (χ0n) is 15.2. The number of carbonyl (C=O) groups excluding carboxylic acids is 1. The van der Waals surface area contributed by atoms with Crippen LogP contribution < -0.4 is 5.32 Å². The Hall–Kier alpha value is -1.62. The molecule has 5 heteroatoms. The predicted octanol–water partition coefficient (Wildman–Crippen LogP) is 3.81. The van der Waals surface area contributed by atoms with E-state index in [1.807, 2.05) is 12.1 Å². The number of nitrogens with zero attached hydrogens (tertiary/aromatic N) is 2. The van der Waals surface area contributed by atoms with Crippen molar-refractivity contribution in [1.82, 2.24) is 9.80 Å². The normalized spacial score (nSPS) is 19.4. The van der Waals surface area contributed by atoms with Gasteiger partial charge in [0.15, 0.2) is 5.11 Å². The first-order valence-electron chi connectivity index (χ1n) is 9.55. The summed E-state index contributed by atoms with van der Waals surface area (Å²) in [5, 5.41) is 4.10. The Kier molecular flexibility index (Phi) is 6.29. The summed E-state index contributed by atoms with van der Waals surface area (Å²) in [5.41, 5.74) is 2.25. The fourth-order valence-electron chi connectivity index (χ4n) is 3.80. The summed E-state index contributed by atoms with van der Waals surface area (Å²) in [6, 6.07) is 8.25. The van der Waals surface area contributed by atoms with Gasteiger partial charge in [-0.1, -0.05) is 25.0 Å². The van der Waals surface area contributed by atoms with E-state index in [0.29, 0.717) is 5.91 Å². The van der Waals surface area contributed by atoms with Crippen LogP contribution in [0.3, 0.4) is 0 Å². The van der Waals surface area contributed by atoms with Crippen molar-refractivity contribution in [2.75, 3.05) is 31.5 Å². The highest BCUT2D eigenvalue weighted by atomic mass is 32.1. The number of hydrogen-bond acceptors (Lipinski definition) is 2. The van der Waals surface area contributed by atoms with Crippen LogP contribution in [-0.2, 0) is 4.79 Å². The molecule has 4 nitrogen and oxygen atoms in total. The van der Waals surface area contributed by atoms with E-state index in [1.165, 1.54) is 18.4 Å². The van der Waals surface area contributed by atoms with Gasteiger partial charge < -0.3 is 15.1 Å². The van der Waals surface area contributed by atoms with Gasteiger partial charge in [-0.05, 0) is 62.5 Å². The lowest BCUT2D eigenvalue weighted by molar-refractivity contribution is -0.136. The number of benzene rings is 1. The highest BCUT2D eigenvalue weighted by molar-refractivity contribution is 7.80. The highest BCUT2D eigenvalue weighted by Crippen LogP contribution is 2.22. The maximum Gasteiger partial charge on any atom is 0.225 e. The summed E-state index contributed by atoms with van der Waals surface area (Å²) in [7, 11) is 0. The van der Waals surface area contributed by atoms with Crippen LogP contribution >= 0.6 is 12.2 Å². The third-order valence-corrected chi connectivity index (χ3v) is 5.68. The molecule has 3 rings (SSSR count). The third-order valence-electron chi connectivity index (χ3n) is 5.32. The van der Waals surface area contributed by atoms with Crippen molar-refractivity contribution in [3.05, 3.63) is 29.8 Å². The Balaban J connectivity index is 1.49. The topological polar surface area (TPSA) is 35.6 Å². The van der Waals surface area contributed by atoms with E-state index in [9.17, 15) is 4.79 Å². The van der Waals surface area contributed by atoms with Gasteiger partial charge in [0.2, 0.25) is 5.91 Å². The highest BCUT2D eigenvalue weighted by Gasteiger charge is 2.29. The zero-order chi connectivity index (χ0) is 17.6. The van der Waals surface area contributed by atoms with Crippen LogP contribution in [0.5, 0.6) is 0 Å². The molecule has 0 aromatic heterocycles. The van der Waals surface area contributed by atoms with Crippen LogP contribution in [0.1, 0.15) is 44.1 Å². The summed E-state index contributed by atoms with van der Waals surface area (Å²) in [5.74, 6) is 0.551. The molecule has 0 unspecified atom stereocenters.